The monoisotopic (exact) mass is 380 g/mol. The van der Waals surface area contributed by atoms with Gasteiger partial charge in [-0.1, -0.05) is 24.6 Å². The van der Waals surface area contributed by atoms with Crippen molar-refractivity contribution in [2.45, 2.75) is 26.7 Å². The topological polar surface area (TPSA) is 43.3 Å². The minimum Gasteiger partial charge on any atom is -0.493 e. The minimum absolute atomic E-state index is 0.452. The number of nitrogens with zero attached hydrogens (tertiary/aromatic N) is 2. The summed E-state index contributed by atoms with van der Waals surface area (Å²) in [6, 6.07) is 3.88. The SMILES string of the molecule is CC=N/C(Cl)=c1/cc(OCCCN2CCOCC2)c(OC)c/c1=C\CC. The molecular formula is C20H29ClN2O3. The van der Waals surface area contributed by atoms with Gasteiger partial charge in [0.25, 0.3) is 0 Å². The third kappa shape index (κ3) is 6.01. The summed E-state index contributed by atoms with van der Waals surface area (Å²) in [6.07, 6.45) is 5.64. The van der Waals surface area contributed by atoms with Crippen molar-refractivity contribution < 1.29 is 14.2 Å². The van der Waals surface area contributed by atoms with Gasteiger partial charge in [-0.25, -0.2) is 4.99 Å². The molecule has 0 atom stereocenters. The van der Waals surface area contributed by atoms with E-state index in [1.165, 1.54) is 0 Å². The van der Waals surface area contributed by atoms with Crippen LogP contribution in [-0.2, 0) is 4.74 Å². The molecule has 26 heavy (non-hydrogen) atoms. The van der Waals surface area contributed by atoms with Gasteiger partial charge in [-0.15, -0.1) is 0 Å². The van der Waals surface area contributed by atoms with Crippen molar-refractivity contribution in [2.75, 3.05) is 46.6 Å². The molecule has 0 aliphatic carbocycles. The molecule has 2 rings (SSSR count). The lowest BCUT2D eigenvalue weighted by Gasteiger charge is -2.26. The molecule has 1 aliphatic heterocycles. The second kappa shape index (κ2) is 11.2. The Labute approximate surface area is 160 Å². The van der Waals surface area contributed by atoms with E-state index in [2.05, 4.69) is 22.9 Å². The van der Waals surface area contributed by atoms with E-state index in [9.17, 15) is 0 Å². The van der Waals surface area contributed by atoms with Crippen molar-refractivity contribution >= 4 is 29.0 Å². The number of methoxy groups -OCH3 is 1. The van der Waals surface area contributed by atoms with Crippen LogP contribution in [0.5, 0.6) is 11.5 Å². The van der Waals surface area contributed by atoms with Crippen LogP contribution in [0.25, 0.3) is 11.2 Å². The Morgan fingerprint density at radius 3 is 2.73 bits per heavy atom. The maximum Gasteiger partial charge on any atom is 0.161 e. The number of aliphatic imine (C=N–C) groups is 1. The maximum absolute atomic E-state index is 6.36. The fourth-order valence-corrected chi connectivity index (χ4v) is 3.15. The summed E-state index contributed by atoms with van der Waals surface area (Å²) in [5.74, 6) is 1.41. The van der Waals surface area contributed by atoms with Crippen LogP contribution in [0.3, 0.4) is 0 Å². The molecule has 5 nitrogen and oxygen atoms in total. The summed E-state index contributed by atoms with van der Waals surface area (Å²) in [7, 11) is 1.65. The van der Waals surface area contributed by atoms with Crippen LogP contribution in [0.15, 0.2) is 17.1 Å². The average molecular weight is 381 g/mol. The van der Waals surface area contributed by atoms with Crippen LogP contribution in [0.2, 0.25) is 0 Å². The van der Waals surface area contributed by atoms with E-state index < -0.39 is 0 Å². The van der Waals surface area contributed by atoms with Gasteiger partial charge in [0, 0.05) is 31.1 Å². The summed E-state index contributed by atoms with van der Waals surface area (Å²) in [6.45, 7) is 9.19. The first-order chi connectivity index (χ1) is 12.7. The van der Waals surface area contributed by atoms with Crippen LogP contribution in [0.1, 0.15) is 26.7 Å². The van der Waals surface area contributed by atoms with Crippen LogP contribution in [0, 0.1) is 0 Å². The summed E-state index contributed by atoms with van der Waals surface area (Å²) in [5.41, 5.74) is 0. The number of hydrogen-bond donors (Lipinski definition) is 0. The molecule has 0 saturated carbocycles. The van der Waals surface area contributed by atoms with Crippen molar-refractivity contribution in [2.24, 2.45) is 4.99 Å². The molecule has 1 aliphatic rings. The van der Waals surface area contributed by atoms with Gasteiger partial charge in [0.15, 0.2) is 11.5 Å². The smallest absolute Gasteiger partial charge is 0.161 e. The van der Waals surface area contributed by atoms with Crippen molar-refractivity contribution in [1.82, 2.24) is 4.90 Å². The highest BCUT2D eigenvalue weighted by Gasteiger charge is 2.11. The van der Waals surface area contributed by atoms with E-state index in [1.54, 1.807) is 13.3 Å². The maximum atomic E-state index is 6.36. The Kier molecular flexibility index (Phi) is 8.95. The molecule has 0 bridgehead atoms. The molecule has 1 aromatic rings. The van der Waals surface area contributed by atoms with E-state index in [1.807, 2.05) is 19.1 Å². The molecule has 0 radical (unpaired) electrons. The summed E-state index contributed by atoms with van der Waals surface area (Å²) < 4.78 is 16.9. The zero-order valence-electron chi connectivity index (χ0n) is 16.0. The summed E-state index contributed by atoms with van der Waals surface area (Å²) >= 11 is 6.36. The molecule has 6 heteroatoms. The lowest BCUT2D eigenvalue weighted by molar-refractivity contribution is 0.0357. The molecule has 144 valence electrons. The number of morpholine rings is 1. The van der Waals surface area contributed by atoms with E-state index in [-0.39, 0.29) is 0 Å². The summed E-state index contributed by atoms with van der Waals surface area (Å²) in [4.78, 5) is 6.61. The van der Waals surface area contributed by atoms with Crippen LogP contribution < -0.4 is 19.9 Å². The standard InChI is InChI=1S/C20H29ClN2O3/c1-4-7-16-14-18(24-3)19(15-17(16)20(21)22-5-2)26-11-6-8-23-9-12-25-13-10-23/h5,7,14-15H,4,6,8-13H2,1-3H3/b16-7+,20-17-,22-5?. The fourth-order valence-electron chi connectivity index (χ4n) is 2.89. The zero-order valence-corrected chi connectivity index (χ0v) is 16.7. The van der Waals surface area contributed by atoms with Gasteiger partial charge in [-0.2, -0.15) is 0 Å². The number of benzene rings is 1. The van der Waals surface area contributed by atoms with Crippen molar-refractivity contribution in [1.29, 1.82) is 0 Å². The van der Waals surface area contributed by atoms with Crippen molar-refractivity contribution in [3.05, 3.63) is 22.6 Å². The Morgan fingerprint density at radius 2 is 2.08 bits per heavy atom. The van der Waals surface area contributed by atoms with Gasteiger partial charge >= 0.3 is 0 Å². The predicted molar refractivity (Wildman–Crippen MR) is 108 cm³/mol. The van der Waals surface area contributed by atoms with E-state index in [0.717, 1.165) is 56.1 Å². The molecule has 1 saturated heterocycles. The third-order valence-corrected chi connectivity index (χ3v) is 4.51. The molecule has 0 aromatic heterocycles. The van der Waals surface area contributed by atoms with Gasteiger partial charge in [0.05, 0.1) is 26.9 Å². The number of ether oxygens (including phenoxy) is 3. The zero-order chi connectivity index (χ0) is 18.8. The Hall–Kier alpha value is -1.56. The number of halogens is 1. The van der Waals surface area contributed by atoms with Crippen molar-refractivity contribution in [3.63, 3.8) is 0 Å². The second-order valence-electron chi connectivity index (χ2n) is 6.04. The molecule has 1 heterocycles. The Morgan fingerprint density at radius 1 is 1.31 bits per heavy atom. The van der Waals surface area contributed by atoms with Crippen LogP contribution in [0.4, 0.5) is 0 Å². The molecule has 1 fully saturated rings. The Balaban J connectivity index is 2.14. The largest absolute Gasteiger partial charge is 0.493 e. The quantitative estimate of drug-likeness (QED) is 0.394. The minimum atomic E-state index is 0.452. The van der Waals surface area contributed by atoms with Gasteiger partial charge in [0.2, 0.25) is 0 Å². The number of hydrogen-bond acceptors (Lipinski definition) is 5. The van der Waals surface area contributed by atoms with Gasteiger partial charge in [0.1, 0.15) is 5.16 Å². The van der Waals surface area contributed by atoms with E-state index >= 15 is 0 Å². The second-order valence-corrected chi connectivity index (χ2v) is 6.39. The first kappa shape index (κ1) is 20.7. The summed E-state index contributed by atoms with van der Waals surface area (Å²) in [5, 5.41) is 2.31. The van der Waals surface area contributed by atoms with Crippen LogP contribution >= 0.6 is 11.6 Å². The lowest BCUT2D eigenvalue weighted by atomic mass is 10.2. The van der Waals surface area contributed by atoms with Gasteiger partial charge in [-0.3, -0.25) is 4.90 Å². The predicted octanol–water partition coefficient (Wildman–Crippen LogP) is 2.38. The van der Waals surface area contributed by atoms with Crippen LogP contribution in [-0.4, -0.2) is 57.7 Å². The van der Waals surface area contributed by atoms with E-state index in [4.69, 9.17) is 25.8 Å². The highest BCUT2D eigenvalue weighted by atomic mass is 35.5. The first-order valence-electron chi connectivity index (χ1n) is 9.19. The average Bonchev–Trinajstić information content (AvgIpc) is 2.66. The third-order valence-electron chi connectivity index (χ3n) is 4.20. The Bertz CT molecular complexity index is 713. The normalized spacial score (nSPS) is 17.6. The molecule has 0 unspecified atom stereocenters. The molecule has 0 N–H and O–H groups in total. The number of rotatable bonds is 8. The lowest BCUT2D eigenvalue weighted by Crippen LogP contribution is -2.37. The molecule has 0 amide bonds. The van der Waals surface area contributed by atoms with E-state index in [0.29, 0.717) is 23.3 Å². The highest BCUT2D eigenvalue weighted by Crippen LogP contribution is 2.23. The fraction of sp³-hybridized carbons (Fsp3) is 0.550. The first-order valence-corrected chi connectivity index (χ1v) is 9.57. The molecule has 1 aromatic carbocycles. The van der Waals surface area contributed by atoms with Gasteiger partial charge in [-0.05, 0) is 37.1 Å². The van der Waals surface area contributed by atoms with Gasteiger partial charge < -0.3 is 14.2 Å². The molecule has 0 spiro atoms. The molecular weight excluding hydrogens is 352 g/mol. The van der Waals surface area contributed by atoms with Crippen molar-refractivity contribution in [3.8, 4) is 11.5 Å². The highest BCUT2D eigenvalue weighted by molar-refractivity contribution is 6.45.